The summed E-state index contributed by atoms with van der Waals surface area (Å²) in [5.74, 6) is 0. The molecule has 0 radical (unpaired) electrons. The third-order valence-electron chi connectivity index (χ3n) is 3.63. The minimum atomic E-state index is -0.110. The van der Waals surface area contributed by atoms with Crippen molar-refractivity contribution in [3.05, 3.63) is 64.8 Å². The molecule has 0 saturated heterocycles. The summed E-state index contributed by atoms with van der Waals surface area (Å²) in [4.78, 5) is 19.3. The number of aromatic nitrogens is 4. The summed E-state index contributed by atoms with van der Waals surface area (Å²) >= 11 is 0. The number of nitrogens with one attached hydrogen (secondary N) is 1. The van der Waals surface area contributed by atoms with Crippen molar-refractivity contribution in [1.82, 2.24) is 19.7 Å². The van der Waals surface area contributed by atoms with Crippen molar-refractivity contribution in [3.8, 4) is 5.69 Å². The SMILES string of the molecule is Cc1nn(-c2ccncc2)c2c1c(=O)[nH]c1ccccc12. The second kappa shape index (κ2) is 4.28. The fourth-order valence-electron chi connectivity index (χ4n) is 2.70. The first kappa shape index (κ1) is 11.8. The molecule has 5 nitrogen and oxygen atoms in total. The molecule has 3 aromatic heterocycles. The van der Waals surface area contributed by atoms with Crippen LogP contribution in [0.3, 0.4) is 0 Å². The number of hydrogen-bond donors (Lipinski definition) is 1. The predicted molar refractivity (Wildman–Crippen MR) is 81.7 cm³/mol. The van der Waals surface area contributed by atoms with Gasteiger partial charge in [-0.25, -0.2) is 4.68 Å². The first-order chi connectivity index (χ1) is 10.3. The highest BCUT2D eigenvalue weighted by atomic mass is 16.1. The topological polar surface area (TPSA) is 63.6 Å². The van der Waals surface area contributed by atoms with Crippen LogP contribution in [-0.2, 0) is 0 Å². The molecule has 4 rings (SSSR count). The van der Waals surface area contributed by atoms with Crippen LogP contribution in [0.25, 0.3) is 27.5 Å². The van der Waals surface area contributed by atoms with Gasteiger partial charge in [-0.3, -0.25) is 9.78 Å². The molecule has 0 aliphatic carbocycles. The smallest absolute Gasteiger partial charge is 0.259 e. The number of benzene rings is 1. The van der Waals surface area contributed by atoms with Gasteiger partial charge in [-0.1, -0.05) is 18.2 Å². The average Bonchev–Trinajstić information content (AvgIpc) is 2.87. The number of H-pyrrole nitrogens is 1. The van der Waals surface area contributed by atoms with Crippen LogP contribution in [0.4, 0.5) is 0 Å². The van der Waals surface area contributed by atoms with E-state index in [-0.39, 0.29) is 5.56 Å². The van der Waals surface area contributed by atoms with Crippen molar-refractivity contribution < 1.29 is 0 Å². The summed E-state index contributed by atoms with van der Waals surface area (Å²) < 4.78 is 1.81. The molecule has 0 bridgehead atoms. The van der Waals surface area contributed by atoms with Crippen molar-refractivity contribution in [2.75, 3.05) is 0 Å². The van der Waals surface area contributed by atoms with E-state index < -0.39 is 0 Å². The molecule has 0 fully saturated rings. The number of aryl methyl sites for hydroxylation is 1. The Bertz CT molecular complexity index is 1010. The third-order valence-corrected chi connectivity index (χ3v) is 3.63. The van der Waals surface area contributed by atoms with Gasteiger partial charge in [-0.2, -0.15) is 5.10 Å². The Morgan fingerprint density at radius 1 is 1.10 bits per heavy atom. The Labute approximate surface area is 119 Å². The molecule has 3 heterocycles. The summed E-state index contributed by atoms with van der Waals surface area (Å²) in [6.45, 7) is 1.85. The molecule has 4 aromatic rings. The molecular formula is C16H12N4O. The predicted octanol–water partition coefficient (Wildman–Crippen LogP) is 2.57. The van der Waals surface area contributed by atoms with Gasteiger partial charge < -0.3 is 4.98 Å². The maximum absolute atomic E-state index is 12.3. The van der Waals surface area contributed by atoms with Crippen LogP contribution in [-0.4, -0.2) is 19.7 Å². The minimum Gasteiger partial charge on any atom is -0.321 e. The molecule has 0 aliphatic rings. The first-order valence-corrected chi connectivity index (χ1v) is 6.66. The molecule has 5 heteroatoms. The summed E-state index contributed by atoms with van der Waals surface area (Å²) in [6.07, 6.45) is 3.43. The Morgan fingerprint density at radius 3 is 2.67 bits per heavy atom. The second-order valence-corrected chi connectivity index (χ2v) is 4.93. The lowest BCUT2D eigenvalue weighted by atomic mass is 10.1. The van der Waals surface area contributed by atoms with Crippen LogP contribution in [0.2, 0.25) is 0 Å². The maximum atomic E-state index is 12.3. The lowest BCUT2D eigenvalue weighted by Gasteiger charge is -2.05. The van der Waals surface area contributed by atoms with Gasteiger partial charge in [0.05, 0.1) is 27.8 Å². The van der Waals surface area contributed by atoms with E-state index in [1.165, 1.54) is 0 Å². The molecule has 1 aromatic carbocycles. The van der Waals surface area contributed by atoms with Crippen LogP contribution in [0.1, 0.15) is 5.69 Å². The Hall–Kier alpha value is -2.95. The van der Waals surface area contributed by atoms with E-state index in [0.29, 0.717) is 11.1 Å². The van der Waals surface area contributed by atoms with Gasteiger partial charge in [-0.05, 0) is 25.1 Å². The number of para-hydroxylation sites is 1. The average molecular weight is 276 g/mol. The number of hydrogen-bond acceptors (Lipinski definition) is 3. The molecule has 0 aliphatic heterocycles. The molecule has 0 spiro atoms. The zero-order valence-electron chi connectivity index (χ0n) is 11.4. The van der Waals surface area contributed by atoms with E-state index in [1.807, 2.05) is 48.0 Å². The molecular weight excluding hydrogens is 264 g/mol. The van der Waals surface area contributed by atoms with Crippen molar-refractivity contribution >= 4 is 21.8 Å². The van der Waals surface area contributed by atoms with Crippen molar-refractivity contribution in [1.29, 1.82) is 0 Å². The standard InChI is InChI=1S/C16H12N4O/c1-10-14-15(20(19-10)11-6-8-17-9-7-11)12-4-2-3-5-13(12)18-16(14)21/h2-9H,1H3,(H,18,21). The number of pyridine rings is 2. The Morgan fingerprint density at radius 2 is 1.86 bits per heavy atom. The van der Waals surface area contributed by atoms with Gasteiger partial charge in [-0.15, -0.1) is 0 Å². The highest BCUT2D eigenvalue weighted by Crippen LogP contribution is 2.25. The number of fused-ring (bicyclic) bond motifs is 3. The molecule has 1 N–H and O–H groups in total. The zero-order chi connectivity index (χ0) is 14.4. The summed E-state index contributed by atoms with van der Waals surface area (Å²) in [5, 5.41) is 6.15. The number of nitrogens with zero attached hydrogens (tertiary/aromatic N) is 3. The third kappa shape index (κ3) is 1.67. The number of aromatic amines is 1. The van der Waals surface area contributed by atoms with Gasteiger partial charge in [0.25, 0.3) is 5.56 Å². The normalized spacial score (nSPS) is 11.3. The summed E-state index contributed by atoms with van der Waals surface area (Å²) in [6, 6.07) is 11.5. The first-order valence-electron chi connectivity index (χ1n) is 6.66. The van der Waals surface area contributed by atoms with E-state index >= 15 is 0 Å². The molecule has 0 amide bonds. The van der Waals surface area contributed by atoms with Crippen molar-refractivity contribution in [2.24, 2.45) is 0 Å². The highest BCUT2D eigenvalue weighted by molar-refractivity contribution is 6.04. The lowest BCUT2D eigenvalue weighted by Crippen LogP contribution is -2.07. The van der Waals surface area contributed by atoms with Crippen LogP contribution in [0.5, 0.6) is 0 Å². The van der Waals surface area contributed by atoms with Gasteiger partial charge >= 0.3 is 0 Å². The largest absolute Gasteiger partial charge is 0.321 e. The number of rotatable bonds is 1. The zero-order valence-corrected chi connectivity index (χ0v) is 11.4. The highest BCUT2D eigenvalue weighted by Gasteiger charge is 2.15. The van der Waals surface area contributed by atoms with Crippen LogP contribution in [0, 0.1) is 6.92 Å². The van der Waals surface area contributed by atoms with Crippen LogP contribution >= 0.6 is 0 Å². The lowest BCUT2D eigenvalue weighted by molar-refractivity contribution is 0.888. The quantitative estimate of drug-likeness (QED) is 0.581. The summed E-state index contributed by atoms with van der Waals surface area (Å²) in [7, 11) is 0. The van der Waals surface area contributed by atoms with Crippen LogP contribution < -0.4 is 5.56 Å². The van der Waals surface area contributed by atoms with Crippen molar-refractivity contribution in [2.45, 2.75) is 6.92 Å². The monoisotopic (exact) mass is 276 g/mol. The molecule has 0 unspecified atom stereocenters. The van der Waals surface area contributed by atoms with E-state index in [0.717, 1.165) is 22.1 Å². The minimum absolute atomic E-state index is 0.110. The molecule has 0 saturated carbocycles. The fourth-order valence-corrected chi connectivity index (χ4v) is 2.70. The van der Waals surface area contributed by atoms with E-state index in [1.54, 1.807) is 12.4 Å². The maximum Gasteiger partial charge on any atom is 0.259 e. The van der Waals surface area contributed by atoms with Gasteiger partial charge in [0.2, 0.25) is 0 Å². The summed E-state index contributed by atoms with van der Waals surface area (Å²) in [5.41, 5.74) is 3.14. The van der Waals surface area contributed by atoms with E-state index in [4.69, 9.17) is 0 Å². The van der Waals surface area contributed by atoms with Crippen LogP contribution in [0.15, 0.2) is 53.6 Å². The van der Waals surface area contributed by atoms with E-state index in [2.05, 4.69) is 15.1 Å². The molecule has 21 heavy (non-hydrogen) atoms. The Balaban J connectivity index is 2.26. The van der Waals surface area contributed by atoms with Gasteiger partial charge in [0.15, 0.2) is 0 Å². The van der Waals surface area contributed by atoms with E-state index in [9.17, 15) is 4.79 Å². The van der Waals surface area contributed by atoms with Gasteiger partial charge in [0, 0.05) is 17.8 Å². The molecule has 0 atom stereocenters. The second-order valence-electron chi connectivity index (χ2n) is 4.93. The van der Waals surface area contributed by atoms with Gasteiger partial charge in [0.1, 0.15) is 0 Å². The fraction of sp³-hybridized carbons (Fsp3) is 0.0625. The van der Waals surface area contributed by atoms with Crippen molar-refractivity contribution in [3.63, 3.8) is 0 Å². The Kier molecular flexibility index (Phi) is 2.41. The molecule has 102 valence electrons.